The van der Waals surface area contributed by atoms with Crippen molar-refractivity contribution in [2.45, 2.75) is 0 Å². The molecule has 2 heterocycles. The minimum atomic E-state index is -0.521. The summed E-state index contributed by atoms with van der Waals surface area (Å²) in [5.74, 6) is -0.584. The third kappa shape index (κ3) is 1.69. The molecule has 14 heavy (non-hydrogen) atoms. The lowest BCUT2D eigenvalue weighted by molar-refractivity contribution is 0.454. The van der Waals surface area contributed by atoms with Gasteiger partial charge in [-0.3, -0.25) is 0 Å². The highest BCUT2D eigenvalue weighted by Gasteiger charge is 1.99. The van der Waals surface area contributed by atoms with Gasteiger partial charge in [0, 0.05) is 24.0 Å². The van der Waals surface area contributed by atoms with Crippen LogP contribution >= 0.6 is 0 Å². The van der Waals surface area contributed by atoms with Crippen molar-refractivity contribution >= 4 is 0 Å². The van der Waals surface area contributed by atoms with Crippen LogP contribution < -0.4 is 0 Å². The quantitative estimate of drug-likeness (QED) is 0.699. The van der Waals surface area contributed by atoms with Crippen LogP contribution in [0.2, 0.25) is 0 Å². The number of aromatic nitrogens is 2. The zero-order chi connectivity index (χ0) is 9.97. The van der Waals surface area contributed by atoms with Gasteiger partial charge in [0.1, 0.15) is 0 Å². The van der Waals surface area contributed by atoms with Crippen LogP contribution in [-0.2, 0) is 0 Å². The summed E-state index contributed by atoms with van der Waals surface area (Å²) < 4.78 is 12.5. The number of hydrogen-bond acceptors (Lipinski definition) is 3. The maximum absolute atomic E-state index is 12.5. The highest BCUT2D eigenvalue weighted by molar-refractivity contribution is 5.62. The molecule has 0 atom stereocenters. The second-order valence-electron chi connectivity index (χ2n) is 2.77. The number of rotatable bonds is 1. The summed E-state index contributed by atoms with van der Waals surface area (Å²) in [7, 11) is 0. The first-order valence-corrected chi connectivity index (χ1v) is 4.02. The smallest absolute Gasteiger partial charge is 0.212 e. The Morgan fingerprint density at radius 3 is 2.57 bits per heavy atom. The molecule has 0 saturated carbocycles. The molecule has 0 spiro atoms. The van der Waals surface area contributed by atoms with Crippen LogP contribution in [0.4, 0.5) is 4.39 Å². The van der Waals surface area contributed by atoms with Crippen molar-refractivity contribution in [3.63, 3.8) is 0 Å². The monoisotopic (exact) mass is 190 g/mol. The molecule has 0 unspecified atom stereocenters. The van der Waals surface area contributed by atoms with Gasteiger partial charge < -0.3 is 5.11 Å². The molecule has 0 saturated heterocycles. The Labute approximate surface area is 79.9 Å². The van der Waals surface area contributed by atoms with Gasteiger partial charge >= 0.3 is 0 Å². The van der Waals surface area contributed by atoms with Crippen molar-refractivity contribution in [1.82, 2.24) is 9.97 Å². The number of halogens is 1. The lowest BCUT2D eigenvalue weighted by Crippen LogP contribution is -1.84. The summed E-state index contributed by atoms with van der Waals surface area (Å²) in [6.45, 7) is 0. The van der Waals surface area contributed by atoms with Crippen molar-refractivity contribution in [1.29, 1.82) is 0 Å². The van der Waals surface area contributed by atoms with E-state index in [4.69, 9.17) is 5.11 Å². The molecule has 0 aliphatic heterocycles. The molecule has 0 radical (unpaired) electrons. The molecule has 3 nitrogen and oxygen atoms in total. The number of hydrogen-bond donors (Lipinski definition) is 1. The minimum absolute atomic E-state index is 0.0631. The zero-order valence-corrected chi connectivity index (χ0v) is 7.18. The average Bonchev–Trinajstić information content (AvgIpc) is 2.19. The van der Waals surface area contributed by atoms with Gasteiger partial charge in [0.2, 0.25) is 11.8 Å². The van der Waals surface area contributed by atoms with Crippen LogP contribution in [0.3, 0.4) is 0 Å². The molecular formula is C10H7FN2O. The standard InChI is InChI=1S/C10H7FN2O/c11-9-2-1-8(6-13-9)7-3-4-12-10(14)5-7/h1-6H,(H,12,14). The highest BCUT2D eigenvalue weighted by atomic mass is 19.1. The molecule has 70 valence electrons. The highest BCUT2D eigenvalue weighted by Crippen LogP contribution is 2.20. The summed E-state index contributed by atoms with van der Waals surface area (Å²) in [5, 5.41) is 9.12. The third-order valence-corrected chi connectivity index (χ3v) is 1.81. The van der Waals surface area contributed by atoms with Crippen LogP contribution in [0, 0.1) is 5.95 Å². The first kappa shape index (κ1) is 8.62. The Hall–Kier alpha value is -1.97. The Morgan fingerprint density at radius 2 is 1.93 bits per heavy atom. The van der Waals surface area contributed by atoms with Crippen molar-refractivity contribution in [3.8, 4) is 17.0 Å². The predicted molar refractivity (Wildman–Crippen MR) is 49.1 cm³/mol. The number of aromatic hydroxyl groups is 1. The molecule has 0 aromatic carbocycles. The van der Waals surface area contributed by atoms with E-state index in [1.807, 2.05) is 0 Å². The van der Waals surface area contributed by atoms with Crippen molar-refractivity contribution in [3.05, 3.63) is 42.6 Å². The fourth-order valence-corrected chi connectivity index (χ4v) is 1.14. The van der Waals surface area contributed by atoms with E-state index in [1.165, 1.54) is 24.5 Å². The fraction of sp³-hybridized carbons (Fsp3) is 0. The van der Waals surface area contributed by atoms with Gasteiger partial charge in [-0.1, -0.05) is 0 Å². The van der Waals surface area contributed by atoms with Gasteiger partial charge in [0.15, 0.2) is 0 Å². The molecule has 2 aromatic rings. The predicted octanol–water partition coefficient (Wildman–Crippen LogP) is 1.99. The molecule has 1 N–H and O–H groups in total. The normalized spacial score (nSPS) is 10.1. The lowest BCUT2D eigenvalue weighted by atomic mass is 10.1. The molecule has 2 aromatic heterocycles. The van der Waals surface area contributed by atoms with Crippen molar-refractivity contribution < 1.29 is 9.50 Å². The largest absolute Gasteiger partial charge is 0.493 e. The van der Waals surface area contributed by atoms with Crippen LogP contribution in [-0.4, -0.2) is 15.1 Å². The second kappa shape index (κ2) is 3.41. The molecule has 4 heteroatoms. The molecule has 0 fully saturated rings. The second-order valence-corrected chi connectivity index (χ2v) is 2.77. The van der Waals surface area contributed by atoms with E-state index in [2.05, 4.69) is 9.97 Å². The topological polar surface area (TPSA) is 46.0 Å². The maximum atomic E-state index is 12.5. The molecule has 2 rings (SSSR count). The van der Waals surface area contributed by atoms with Gasteiger partial charge in [-0.15, -0.1) is 0 Å². The Balaban J connectivity index is 2.44. The summed E-state index contributed by atoms with van der Waals surface area (Å²) in [5.41, 5.74) is 1.49. The maximum Gasteiger partial charge on any atom is 0.212 e. The summed E-state index contributed by atoms with van der Waals surface area (Å²) in [6, 6.07) is 6.08. The average molecular weight is 190 g/mol. The first-order valence-electron chi connectivity index (χ1n) is 4.02. The van der Waals surface area contributed by atoms with Gasteiger partial charge in [0.25, 0.3) is 0 Å². The lowest BCUT2D eigenvalue weighted by Gasteiger charge is -2.00. The van der Waals surface area contributed by atoms with Gasteiger partial charge in [0.05, 0.1) is 0 Å². The van der Waals surface area contributed by atoms with Crippen molar-refractivity contribution in [2.24, 2.45) is 0 Å². The fourth-order valence-electron chi connectivity index (χ4n) is 1.14. The first-order chi connectivity index (χ1) is 6.75. The molecular weight excluding hydrogens is 183 g/mol. The van der Waals surface area contributed by atoms with E-state index in [1.54, 1.807) is 12.1 Å². The SMILES string of the molecule is Oc1cc(-c2ccc(F)nc2)ccn1. The van der Waals surface area contributed by atoms with Gasteiger partial charge in [-0.05, 0) is 23.8 Å². The van der Waals surface area contributed by atoms with E-state index in [0.29, 0.717) is 0 Å². The Morgan fingerprint density at radius 1 is 1.07 bits per heavy atom. The van der Waals surface area contributed by atoms with E-state index < -0.39 is 5.95 Å². The van der Waals surface area contributed by atoms with Gasteiger partial charge in [-0.25, -0.2) is 9.97 Å². The number of nitrogens with zero attached hydrogens (tertiary/aromatic N) is 2. The summed E-state index contributed by atoms with van der Waals surface area (Å²) in [4.78, 5) is 7.16. The molecule has 0 bridgehead atoms. The Kier molecular flexibility index (Phi) is 2.10. The summed E-state index contributed by atoms with van der Waals surface area (Å²) in [6.07, 6.45) is 2.89. The zero-order valence-electron chi connectivity index (χ0n) is 7.18. The van der Waals surface area contributed by atoms with Crippen LogP contribution in [0.25, 0.3) is 11.1 Å². The van der Waals surface area contributed by atoms with E-state index in [0.717, 1.165) is 11.1 Å². The van der Waals surface area contributed by atoms with Crippen LogP contribution in [0.1, 0.15) is 0 Å². The number of pyridine rings is 2. The Bertz CT molecular complexity index is 442. The van der Waals surface area contributed by atoms with Crippen molar-refractivity contribution in [2.75, 3.05) is 0 Å². The van der Waals surface area contributed by atoms with Crippen LogP contribution in [0.5, 0.6) is 5.88 Å². The molecule has 0 aliphatic carbocycles. The third-order valence-electron chi connectivity index (χ3n) is 1.81. The van der Waals surface area contributed by atoms with E-state index in [-0.39, 0.29) is 5.88 Å². The van der Waals surface area contributed by atoms with E-state index >= 15 is 0 Å². The minimum Gasteiger partial charge on any atom is -0.493 e. The van der Waals surface area contributed by atoms with Gasteiger partial charge in [-0.2, -0.15) is 4.39 Å². The van der Waals surface area contributed by atoms with E-state index in [9.17, 15) is 4.39 Å². The molecule has 0 aliphatic rings. The molecule has 0 amide bonds. The van der Waals surface area contributed by atoms with Crippen LogP contribution in [0.15, 0.2) is 36.7 Å². The summed E-state index contributed by atoms with van der Waals surface area (Å²) >= 11 is 0.